The van der Waals surface area contributed by atoms with E-state index >= 15 is 0 Å². The van der Waals surface area contributed by atoms with Gasteiger partial charge >= 0.3 is 5.97 Å². The molecule has 0 amide bonds. The molecule has 6 heterocycles. The summed E-state index contributed by atoms with van der Waals surface area (Å²) in [6.07, 6.45) is 9.08. The Labute approximate surface area is 323 Å². The summed E-state index contributed by atoms with van der Waals surface area (Å²) in [5.74, 6) is -2.25. The molecule has 11 heteroatoms. The minimum absolute atomic E-state index is 0.00757. The Morgan fingerprint density at radius 3 is 2.41 bits per heavy atom. The van der Waals surface area contributed by atoms with Gasteiger partial charge in [-0.25, -0.2) is 0 Å². The fraction of sp³-hybridized carbons (Fsp3) is 0.860. The monoisotopic (exact) mass is 759 g/mol. The number of aromatic amines is 1. The number of H-pyrrole nitrogens is 1. The zero-order valence-electron chi connectivity index (χ0n) is 34.9. The van der Waals surface area contributed by atoms with Crippen LogP contribution in [0.2, 0.25) is 0 Å². The van der Waals surface area contributed by atoms with E-state index < -0.39 is 28.9 Å². The Bertz CT molecular complexity index is 1500. The predicted molar refractivity (Wildman–Crippen MR) is 205 cm³/mol. The third-order valence-electron chi connectivity index (χ3n) is 14.6. The number of carbonyl (C=O) groups is 1. The SMILES string of the molecule is CC[C@@H](C(=O)OC)[C@H]1CC[C@H](C)[C@H]([C@@H](C)c2[nH]nc([C@H](CC)[C@H]3O[C@]4(C=C[C@@H](O)[C@]5(CC[C@@](C)([C@H]6CC[C@](O)(CC)[C@H](C)O6)O5)O4)[C@H](C)C[C@@H]3C)c2C)O1. The summed E-state index contributed by atoms with van der Waals surface area (Å²) in [6, 6.07) is 0. The van der Waals surface area contributed by atoms with Gasteiger partial charge < -0.3 is 38.6 Å². The average Bonchev–Trinajstić information content (AvgIpc) is 3.70. The molecule has 11 nitrogen and oxygen atoms in total. The van der Waals surface area contributed by atoms with Crippen LogP contribution in [0.3, 0.4) is 0 Å². The van der Waals surface area contributed by atoms with Gasteiger partial charge in [0, 0.05) is 29.9 Å². The highest BCUT2D eigenvalue weighted by Gasteiger charge is 2.63. The molecule has 306 valence electrons. The van der Waals surface area contributed by atoms with Crippen LogP contribution in [0.25, 0.3) is 0 Å². The van der Waals surface area contributed by atoms with Crippen molar-refractivity contribution in [1.82, 2.24) is 10.2 Å². The first-order chi connectivity index (χ1) is 25.5. The number of esters is 1. The van der Waals surface area contributed by atoms with Crippen molar-refractivity contribution in [3.8, 4) is 0 Å². The molecule has 5 aliphatic rings. The number of nitrogens with one attached hydrogen (secondary N) is 1. The van der Waals surface area contributed by atoms with Gasteiger partial charge in [0.05, 0.1) is 60.4 Å². The average molecular weight is 759 g/mol. The topological polar surface area (TPSA) is 142 Å². The van der Waals surface area contributed by atoms with Crippen LogP contribution in [0.15, 0.2) is 12.2 Å². The van der Waals surface area contributed by atoms with Crippen LogP contribution in [-0.4, -0.2) is 92.9 Å². The summed E-state index contributed by atoms with van der Waals surface area (Å²) >= 11 is 0. The third-order valence-corrected chi connectivity index (χ3v) is 14.6. The van der Waals surface area contributed by atoms with Crippen LogP contribution in [0.1, 0.15) is 155 Å². The lowest BCUT2D eigenvalue weighted by Crippen LogP contribution is -2.62. The molecule has 3 N–H and O–H groups in total. The number of rotatable bonds is 10. The number of aliphatic hydroxyl groups excluding tert-OH is 1. The number of hydrogen-bond donors (Lipinski definition) is 3. The fourth-order valence-electron chi connectivity index (χ4n) is 10.8. The molecular formula is C43H70N2O9. The van der Waals surface area contributed by atoms with Crippen molar-refractivity contribution in [2.45, 2.75) is 205 Å². The second-order valence-corrected chi connectivity index (χ2v) is 18.0. The zero-order chi connectivity index (χ0) is 39.4. The van der Waals surface area contributed by atoms with Crippen molar-refractivity contribution in [2.24, 2.45) is 23.7 Å². The Morgan fingerprint density at radius 2 is 1.76 bits per heavy atom. The minimum atomic E-state index is -1.28. The molecule has 0 aliphatic carbocycles. The van der Waals surface area contributed by atoms with Gasteiger partial charge in [0.2, 0.25) is 5.79 Å². The maximum absolute atomic E-state index is 12.6. The molecule has 54 heavy (non-hydrogen) atoms. The van der Waals surface area contributed by atoms with Crippen molar-refractivity contribution in [1.29, 1.82) is 0 Å². The predicted octanol–water partition coefficient (Wildman–Crippen LogP) is 7.38. The van der Waals surface area contributed by atoms with Crippen LogP contribution in [0, 0.1) is 30.6 Å². The first-order valence-electron chi connectivity index (χ1n) is 21.1. The molecule has 5 aliphatic heterocycles. The van der Waals surface area contributed by atoms with E-state index in [-0.39, 0.29) is 66.1 Å². The summed E-state index contributed by atoms with van der Waals surface area (Å²) in [6.45, 7) is 21.2. The second kappa shape index (κ2) is 15.8. The lowest BCUT2D eigenvalue weighted by atomic mass is 9.76. The number of hydrogen-bond acceptors (Lipinski definition) is 10. The highest BCUT2D eigenvalue weighted by Crippen LogP contribution is 2.54. The zero-order valence-corrected chi connectivity index (χ0v) is 34.9. The van der Waals surface area contributed by atoms with E-state index in [4.69, 9.17) is 33.5 Å². The van der Waals surface area contributed by atoms with Crippen LogP contribution in [-0.2, 0) is 33.2 Å². The standard InChI is InChI=1S/C43H70N2O9/c1-12-30(39(47)49-11)32-16-15-24(4)37(51-32)28(8)35-27(7)36(45-44-35)31(13-2)38-25(5)23-26(6)42(52-38)20-17-33(46)43(54-42)22-21-40(10,53-43)34-18-19-41(48,14-3)29(9)50-34/h17,20,24-26,28-34,37-38,46,48H,12-16,18-19,21-23H2,1-11H3,(H,44,45)/t24-,25-,26+,28-,29-,30+,31-,32+,33+,34+,37+,38-,40-,41+,42-,43-/m0/s1. The molecular weight excluding hydrogens is 688 g/mol. The molecule has 1 aromatic heterocycles. The van der Waals surface area contributed by atoms with E-state index in [9.17, 15) is 15.0 Å². The van der Waals surface area contributed by atoms with Gasteiger partial charge in [0.1, 0.15) is 6.10 Å². The number of carbonyl (C=O) groups excluding carboxylic acids is 1. The van der Waals surface area contributed by atoms with Gasteiger partial charge in [0.15, 0.2) is 5.79 Å². The number of nitrogens with zero attached hydrogens (tertiary/aromatic N) is 1. The molecule has 4 saturated heterocycles. The van der Waals surface area contributed by atoms with E-state index in [1.807, 2.05) is 26.8 Å². The van der Waals surface area contributed by atoms with Crippen LogP contribution in [0.5, 0.6) is 0 Å². The molecule has 0 unspecified atom stereocenters. The van der Waals surface area contributed by atoms with Gasteiger partial charge in [-0.05, 0) is 108 Å². The van der Waals surface area contributed by atoms with E-state index in [0.717, 1.165) is 42.6 Å². The van der Waals surface area contributed by atoms with E-state index in [0.29, 0.717) is 44.4 Å². The largest absolute Gasteiger partial charge is 0.469 e. The minimum Gasteiger partial charge on any atom is -0.469 e. The molecule has 0 aromatic carbocycles. The maximum Gasteiger partial charge on any atom is 0.311 e. The Morgan fingerprint density at radius 1 is 1.02 bits per heavy atom. The summed E-state index contributed by atoms with van der Waals surface area (Å²) in [5, 5.41) is 31.0. The summed E-state index contributed by atoms with van der Waals surface area (Å²) in [5.41, 5.74) is 1.64. The summed E-state index contributed by atoms with van der Waals surface area (Å²) in [7, 11) is 1.45. The first kappa shape index (κ1) is 41.8. The third kappa shape index (κ3) is 7.26. The van der Waals surface area contributed by atoms with Gasteiger partial charge in [-0.3, -0.25) is 9.89 Å². The number of methoxy groups -OCH3 is 1. The van der Waals surface area contributed by atoms with E-state index in [1.54, 1.807) is 6.08 Å². The van der Waals surface area contributed by atoms with Crippen molar-refractivity contribution in [2.75, 3.05) is 7.11 Å². The quantitative estimate of drug-likeness (QED) is 0.164. The van der Waals surface area contributed by atoms with Crippen molar-refractivity contribution >= 4 is 5.97 Å². The molecule has 0 bridgehead atoms. The van der Waals surface area contributed by atoms with Gasteiger partial charge in [-0.2, -0.15) is 5.10 Å². The number of aromatic nitrogens is 2. The van der Waals surface area contributed by atoms with Gasteiger partial charge in [-0.15, -0.1) is 0 Å². The van der Waals surface area contributed by atoms with Crippen LogP contribution < -0.4 is 0 Å². The van der Waals surface area contributed by atoms with Crippen molar-refractivity contribution < 1.29 is 43.4 Å². The van der Waals surface area contributed by atoms with E-state index in [2.05, 4.69) is 53.6 Å². The summed E-state index contributed by atoms with van der Waals surface area (Å²) < 4.78 is 39.4. The number of aliphatic hydroxyl groups is 2. The Hall–Kier alpha value is -1.86. The van der Waals surface area contributed by atoms with Crippen molar-refractivity contribution in [3.63, 3.8) is 0 Å². The van der Waals surface area contributed by atoms with Crippen molar-refractivity contribution in [3.05, 3.63) is 29.1 Å². The molecule has 1 aromatic rings. The molecule has 0 saturated carbocycles. The maximum atomic E-state index is 12.6. The second-order valence-electron chi connectivity index (χ2n) is 18.0. The number of ether oxygens (including phenoxy) is 6. The lowest BCUT2D eigenvalue weighted by Gasteiger charge is -2.54. The highest BCUT2D eigenvalue weighted by atomic mass is 16.8. The molecule has 16 atom stereocenters. The molecule has 0 radical (unpaired) electrons. The highest BCUT2D eigenvalue weighted by molar-refractivity contribution is 5.72. The lowest BCUT2D eigenvalue weighted by molar-refractivity contribution is -0.408. The molecule has 2 spiro atoms. The Kier molecular flexibility index (Phi) is 12.2. The summed E-state index contributed by atoms with van der Waals surface area (Å²) in [4.78, 5) is 12.6. The van der Waals surface area contributed by atoms with Crippen LogP contribution in [0.4, 0.5) is 0 Å². The van der Waals surface area contributed by atoms with Gasteiger partial charge in [-0.1, -0.05) is 48.5 Å². The molecule has 4 fully saturated rings. The first-order valence-corrected chi connectivity index (χ1v) is 21.1. The fourth-order valence-corrected chi connectivity index (χ4v) is 10.8. The Balaban J connectivity index is 1.21. The molecule has 6 rings (SSSR count). The smallest absolute Gasteiger partial charge is 0.311 e. The normalized spacial score (nSPS) is 44.4. The van der Waals surface area contributed by atoms with Gasteiger partial charge in [0.25, 0.3) is 0 Å². The van der Waals surface area contributed by atoms with Crippen LogP contribution >= 0.6 is 0 Å². The van der Waals surface area contributed by atoms with E-state index in [1.165, 1.54) is 7.11 Å².